The van der Waals surface area contributed by atoms with E-state index in [2.05, 4.69) is 4.98 Å². The summed E-state index contributed by atoms with van der Waals surface area (Å²) in [5.41, 5.74) is -3.30. The van der Waals surface area contributed by atoms with Gasteiger partial charge in [0, 0.05) is 28.3 Å². The average Bonchev–Trinajstić information content (AvgIpc) is 3.66. The maximum atomic E-state index is 14.7. The van der Waals surface area contributed by atoms with Crippen LogP contribution >= 0.6 is 0 Å². The molecule has 1 aliphatic carbocycles. The second kappa shape index (κ2) is 9.33. The number of nitrogens with one attached hydrogen (secondary N) is 2. The van der Waals surface area contributed by atoms with E-state index < -0.39 is 62.4 Å². The fraction of sp³-hybridized carbons (Fsp3) is 0.231. The van der Waals surface area contributed by atoms with Crippen LogP contribution in [0.5, 0.6) is 0 Å². The minimum Gasteiger partial charge on any atom is -0.331 e. The summed E-state index contributed by atoms with van der Waals surface area (Å²) in [6, 6.07) is 7.10. The van der Waals surface area contributed by atoms with Crippen molar-refractivity contribution in [2.24, 2.45) is 0 Å². The highest BCUT2D eigenvalue weighted by Crippen LogP contribution is 2.40. The van der Waals surface area contributed by atoms with Crippen LogP contribution in [-0.2, 0) is 22.7 Å². The van der Waals surface area contributed by atoms with Crippen LogP contribution in [0, 0.1) is 18.6 Å². The number of halogens is 5. The molecule has 0 spiro atoms. The highest BCUT2D eigenvalue weighted by Gasteiger charge is 2.39. The van der Waals surface area contributed by atoms with Gasteiger partial charge in [0.1, 0.15) is 17.3 Å². The Balaban J connectivity index is 1.88. The standard InChI is InChI=1S/C26H20F5N3O4S/c1-13-9-18-21(11-19(13)26(29,30)31)34(12-14-10-15(27)4-7-20(14)28)23(22(18)17-3-2-8-32-24(17)35)25(36)33-39(37,38)16-5-6-16/h2-4,7-11,16H,5-6,12H2,1H3,(H,32,35)(H,33,36). The van der Waals surface area contributed by atoms with E-state index in [9.17, 15) is 40.0 Å². The molecule has 0 radical (unpaired) electrons. The summed E-state index contributed by atoms with van der Waals surface area (Å²) >= 11 is 0. The van der Waals surface area contributed by atoms with E-state index in [0.717, 1.165) is 34.9 Å². The maximum absolute atomic E-state index is 14.7. The zero-order valence-corrected chi connectivity index (χ0v) is 21.0. The van der Waals surface area contributed by atoms with E-state index in [4.69, 9.17) is 0 Å². The Morgan fingerprint density at radius 3 is 2.49 bits per heavy atom. The first-order valence-corrected chi connectivity index (χ1v) is 13.2. The monoisotopic (exact) mass is 565 g/mol. The van der Waals surface area contributed by atoms with Crippen molar-refractivity contribution in [3.05, 3.63) is 93.0 Å². The smallest absolute Gasteiger partial charge is 0.331 e. The molecule has 0 aliphatic heterocycles. The van der Waals surface area contributed by atoms with E-state index in [1.807, 2.05) is 4.72 Å². The molecular weight excluding hydrogens is 545 g/mol. The lowest BCUT2D eigenvalue weighted by Gasteiger charge is -2.15. The summed E-state index contributed by atoms with van der Waals surface area (Å²) in [6.45, 7) is 0.555. The number of hydrogen-bond donors (Lipinski definition) is 2. The molecule has 2 aromatic carbocycles. The lowest BCUT2D eigenvalue weighted by atomic mass is 9.99. The summed E-state index contributed by atoms with van der Waals surface area (Å²) in [5.74, 6) is -2.96. The molecule has 13 heteroatoms. The molecular formula is C26H20F5N3O4S. The Morgan fingerprint density at radius 2 is 1.85 bits per heavy atom. The van der Waals surface area contributed by atoms with Crippen LogP contribution in [-0.4, -0.2) is 29.1 Å². The minimum absolute atomic E-state index is 0.0166. The first kappa shape index (κ1) is 26.6. The number of alkyl halides is 3. The number of amides is 1. The molecule has 1 amide bonds. The first-order valence-electron chi connectivity index (χ1n) is 11.7. The van der Waals surface area contributed by atoms with E-state index in [0.29, 0.717) is 12.8 Å². The van der Waals surface area contributed by atoms with Crippen molar-refractivity contribution in [3.63, 3.8) is 0 Å². The number of H-pyrrole nitrogens is 1. The molecule has 204 valence electrons. The quantitative estimate of drug-likeness (QED) is 0.326. The van der Waals surface area contributed by atoms with Gasteiger partial charge in [0.15, 0.2) is 0 Å². The number of pyridine rings is 1. The normalized spacial score (nSPS) is 14.1. The van der Waals surface area contributed by atoms with Gasteiger partial charge in [-0.25, -0.2) is 21.9 Å². The van der Waals surface area contributed by atoms with Crippen LogP contribution in [0.2, 0.25) is 0 Å². The largest absolute Gasteiger partial charge is 0.416 e. The highest BCUT2D eigenvalue weighted by molar-refractivity contribution is 7.91. The molecule has 0 unspecified atom stereocenters. The lowest BCUT2D eigenvalue weighted by molar-refractivity contribution is -0.137. The summed E-state index contributed by atoms with van der Waals surface area (Å²) in [6.07, 6.45) is -2.87. The van der Waals surface area contributed by atoms with Crippen LogP contribution in [0.3, 0.4) is 0 Å². The fourth-order valence-corrected chi connectivity index (χ4v) is 5.85. The Kier molecular flexibility index (Phi) is 6.36. The van der Waals surface area contributed by atoms with E-state index in [-0.39, 0.29) is 33.2 Å². The molecule has 2 heterocycles. The lowest BCUT2D eigenvalue weighted by Crippen LogP contribution is -2.35. The summed E-state index contributed by atoms with van der Waals surface area (Å²) < 4.78 is 98.6. The van der Waals surface area contributed by atoms with Gasteiger partial charge >= 0.3 is 6.18 Å². The number of aryl methyl sites for hydroxylation is 1. The van der Waals surface area contributed by atoms with Crippen molar-refractivity contribution in [2.45, 2.75) is 37.7 Å². The molecule has 2 N–H and O–H groups in total. The second-order valence-electron chi connectivity index (χ2n) is 9.32. The maximum Gasteiger partial charge on any atom is 0.416 e. The molecule has 0 bridgehead atoms. The summed E-state index contributed by atoms with van der Waals surface area (Å²) in [5, 5.41) is -0.800. The van der Waals surface area contributed by atoms with Crippen LogP contribution in [0.25, 0.3) is 22.0 Å². The Morgan fingerprint density at radius 1 is 1.13 bits per heavy atom. The third-order valence-corrected chi connectivity index (χ3v) is 8.37. The van der Waals surface area contributed by atoms with Gasteiger partial charge in [-0.2, -0.15) is 13.2 Å². The van der Waals surface area contributed by atoms with E-state index in [1.54, 1.807) is 0 Å². The number of nitrogens with zero attached hydrogens (tertiary/aromatic N) is 1. The predicted molar refractivity (Wildman–Crippen MR) is 133 cm³/mol. The summed E-state index contributed by atoms with van der Waals surface area (Å²) in [4.78, 5) is 28.8. The Bertz CT molecular complexity index is 1800. The van der Waals surface area contributed by atoms with Crippen molar-refractivity contribution < 1.29 is 35.2 Å². The van der Waals surface area contributed by atoms with Gasteiger partial charge in [-0.3, -0.25) is 9.59 Å². The number of rotatable bonds is 6. The van der Waals surface area contributed by atoms with Crippen LogP contribution in [0.4, 0.5) is 22.0 Å². The average molecular weight is 566 g/mol. The molecule has 39 heavy (non-hydrogen) atoms. The zero-order chi connectivity index (χ0) is 28.3. The molecule has 4 aromatic rings. The van der Waals surface area contributed by atoms with Gasteiger partial charge in [-0.15, -0.1) is 0 Å². The van der Waals surface area contributed by atoms with Crippen LogP contribution < -0.4 is 10.3 Å². The Hall–Kier alpha value is -4.00. The molecule has 5 rings (SSSR count). The van der Waals surface area contributed by atoms with Crippen molar-refractivity contribution in [1.29, 1.82) is 0 Å². The van der Waals surface area contributed by atoms with Crippen molar-refractivity contribution >= 4 is 26.8 Å². The predicted octanol–water partition coefficient (Wildman–Crippen LogP) is 4.87. The molecule has 7 nitrogen and oxygen atoms in total. The molecule has 1 aliphatic rings. The SMILES string of the molecule is Cc1cc2c(-c3ccc[nH]c3=O)c(C(=O)NS(=O)(=O)C3CC3)n(Cc3cc(F)ccc3F)c2cc1C(F)(F)F. The number of aromatic nitrogens is 2. The zero-order valence-electron chi connectivity index (χ0n) is 20.2. The third kappa shape index (κ3) is 4.93. The van der Waals surface area contributed by atoms with E-state index >= 15 is 0 Å². The van der Waals surface area contributed by atoms with E-state index in [1.165, 1.54) is 25.3 Å². The molecule has 1 fully saturated rings. The number of carbonyl (C=O) groups excluding carboxylic acids is 1. The number of hydrogen-bond acceptors (Lipinski definition) is 4. The highest BCUT2D eigenvalue weighted by atomic mass is 32.2. The second-order valence-corrected chi connectivity index (χ2v) is 11.3. The fourth-order valence-electron chi connectivity index (χ4n) is 4.57. The number of fused-ring (bicyclic) bond motifs is 1. The van der Waals surface area contributed by atoms with Crippen molar-refractivity contribution in [3.8, 4) is 11.1 Å². The topological polar surface area (TPSA) is 101 Å². The van der Waals surface area contributed by atoms with Crippen molar-refractivity contribution in [1.82, 2.24) is 14.3 Å². The third-order valence-electron chi connectivity index (χ3n) is 6.55. The van der Waals surface area contributed by atoms with Gasteiger partial charge in [-0.1, -0.05) is 0 Å². The minimum atomic E-state index is -4.81. The Labute approximate surface area is 218 Å². The van der Waals surface area contributed by atoms with Crippen LogP contribution in [0.1, 0.15) is 40.0 Å². The number of benzene rings is 2. The van der Waals surface area contributed by atoms with Gasteiger partial charge in [0.05, 0.1) is 22.9 Å². The first-order chi connectivity index (χ1) is 18.3. The molecule has 0 saturated heterocycles. The number of carbonyl (C=O) groups is 1. The molecule has 2 aromatic heterocycles. The molecule has 0 atom stereocenters. The summed E-state index contributed by atoms with van der Waals surface area (Å²) in [7, 11) is -4.14. The van der Waals surface area contributed by atoms with Gasteiger partial charge in [0.25, 0.3) is 11.5 Å². The number of aromatic amines is 1. The molecule has 1 saturated carbocycles. The van der Waals surface area contributed by atoms with Gasteiger partial charge < -0.3 is 9.55 Å². The van der Waals surface area contributed by atoms with Crippen LogP contribution in [0.15, 0.2) is 53.5 Å². The van der Waals surface area contributed by atoms with Gasteiger partial charge in [-0.05, 0) is 67.8 Å². The number of sulfonamides is 1. The van der Waals surface area contributed by atoms with Crippen molar-refractivity contribution in [2.75, 3.05) is 0 Å². The van der Waals surface area contributed by atoms with Gasteiger partial charge in [0.2, 0.25) is 10.0 Å².